The van der Waals surface area contributed by atoms with Crippen LogP contribution in [0.15, 0.2) is 24.4 Å². The Bertz CT molecular complexity index is 625. The maximum atomic E-state index is 11.9. The van der Waals surface area contributed by atoms with Crippen molar-refractivity contribution >= 4 is 10.0 Å². The summed E-state index contributed by atoms with van der Waals surface area (Å²) in [5, 5.41) is 0. The molecule has 1 aromatic rings. The van der Waals surface area contributed by atoms with Gasteiger partial charge >= 0.3 is 0 Å². The van der Waals surface area contributed by atoms with Gasteiger partial charge in [0.05, 0.1) is 31.8 Å². The quantitative estimate of drug-likeness (QED) is 0.767. The third kappa shape index (κ3) is 4.27. The molecule has 3 heterocycles. The van der Waals surface area contributed by atoms with Crippen LogP contribution in [0.2, 0.25) is 0 Å². The van der Waals surface area contributed by atoms with Crippen molar-refractivity contribution in [1.82, 2.24) is 14.2 Å². The van der Waals surface area contributed by atoms with Crippen molar-refractivity contribution in [2.45, 2.75) is 12.1 Å². The van der Waals surface area contributed by atoms with Crippen LogP contribution in [-0.4, -0.2) is 80.5 Å². The van der Waals surface area contributed by atoms with Crippen molar-refractivity contribution in [3.63, 3.8) is 0 Å². The second kappa shape index (κ2) is 6.82. The normalized spacial score (nSPS) is 27.9. The van der Waals surface area contributed by atoms with E-state index >= 15 is 0 Å². The van der Waals surface area contributed by atoms with Gasteiger partial charge in [-0.3, -0.25) is 9.88 Å². The summed E-state index contributed by atoms with van der Waals surface area (Å²) in [5.41, 5.74) is 0.395. The zero-order chi connectivity index (χ0) is 16.3. The average Bonchev–Trinajstić information content (AvgIpc) is 2.71. The highest BCUT2D eigenvalue weighted by Crippen LogP contribution is 2.24. The standard InChI is InChI=1S/C15H23N3O4S/c1-23(19,20)18-7-8-21-13-15(12-18)11-17(6-9-22-15)10-14-4-2-3-5-16-14/h2-5H,6-13H2,1H3/t15-/m0/s1. The molecule has 1 atom stereocenters. The van der Waals surface area contributed by atoms with Crippen molar-refractivity contribution in [1.29, 1.82) is 0 Å². The van der Waals surface area contributed by atoms with E-state index in [-0.39, 0.29) is 0 Å². The predicted molar refractivity (Wildman–Crippen MR) is 85.4 cm³/mol. The van der Waals surface area contributed by atoms with E-state index in [1.54, 1.807) is 6.20 Å². The smallest absolute Gasteiger partial charge is 0.211 e. The summed E-state index contributed by atoms with van der Waals surface area (Å²) in [6.45, 7) is 4.26. The minimum Gasteiger partial charge on any atom is -0.377 e. The number of hydrogen-bond donors (Lipinski definition) is 0. The molecule has 7 nitrogen and oxygen atoms in total. The van der Waals surface area contributed by atoms with E-state index in [0.717, 1.165) is 18.8 Å². The molecule has 128 valence electrons. The Morgan fingerprint density at radius 2 is 2.13 bits per heavy atom. The van der Waals surface area contributed by atoms with Gasteiger partial charge in [0.25, 0.3) is 0 Å². The van der Waals surface area contributed by atoms with Crippen molar-refractivity contribution in [3.8, 4) is 0 Å². The highest BCUT2D eigenvalue weighted by Gasteiger charge is 2.42. The summed E-state index contributed by atoms with van der Waals surface area (Å²) in [5.74, 6) is 0. The van der Waals surface area contributed by atoms with Gasteiger partial charge in [0.2, 0.25) is 10.0 Å². The second-order valence-electron chi connectivity index (χ2n) is 6.21. The molecular weight excluding hydrogens is 318 g/mol. The van der Waals surface area contributed by atoms with E-state index in [0.29, 0.717) is 39.5 Å². The molecular formula is C15H23N3O4S. The van der Waals surface area contributed by atoms with Gasteiger partial charge in [-0.05, 0) is 12.1 Å². The molecule has 0 radical (unpaired) electrons. The molecule has 2 saturated heterocycles. The Labute approximate surface area is 137 Å². The lowest BCUT2D eigenvalue weighted by Gasteiger charge is -2.42. The molecule has 2 fully saturated rings. The first-order chi connectivity index (χ1) is 11.0. The summed E-state index contributed by atoms with van der Waals surface area (Å²) in [6, 6.07) is 5.86. The zero-order valence-corrected chi connectivity index (χ0v) is 14.2. The summed E-state index contributed by atoms with van der Waals surface area (Å²) in [7, 11) is -3.26. The van der Waals surface area contributed by atoms with Crippen LogP contribution < -0.4 is 0 Å². The zero-order valence-electron chi connectivity index (χ0n) is 13.3. The van der Waals surface area contributed by atoms with Gasteiger partial charge in [-0.25, -0.2) is 8.42 Å². The van der Waals surface area contributed by atoms with Gasteiger partial charge in [0, 0.05) is 38.9 Å². The van der Waals surface area contributed by atoms with E-state index < -0.39 is 15.6 Å². The molecule has 0 unspecified atom stereocenters. The highest BCUT2D eigenvalue weighted by molar-refractivity contribution is 7.88. The van der Waals surface area contributed by atoms with Crippen LogP contribution in [0.5, 0.6) is 0 Å². The largest absolute Gasteiger partial charge is 0.377 e. The molecule has 0 bridgehead atoms. The van der Waals surface area contributed by atoms with E-state index in [9.17, 15) is 8.42 Å². The van der Waals surface area contributed by atoms with Gasteiger partial charge in [0.15, 0.2) is 0 Å². The average molecular weight is 341 g/mol. The van der Waals surface area contributed by atoms with Gasteiger partial charge < -0.3 is 9.47 Å². The van der Waals surface area contributed by atoms with Gasteiger partial charge in [-0.1, -0.05) is 6.07 Å². The van der Waals surface area contributed by atoms with Crippen molar-refractivity contribution in [2.24, 2.45) is 0 Å². The molecule has 0 aromatic carbocycles. The first-order valence-corrected chi connectivity index (χ1v) is 9.61. The summed E-state index contributed by atoms with van der Waals surface area (Å²) >= 11 is 0. The van der Waals surface area contributed by atoms with Gasteiger partial charge in [-0.15, -0.1) is 0 Å². The number of hydrogen-bond acceptors (Lipinski definition) is 6. The van der Waals surface area contributed by atoms with E-state index in [1.165, 1.54) is 10.6 Å². The molecule has 2 aliphatic rings. The lowest BCUT2D eigenvalue weighted by molar-refractivity contribution is -0.139. The lowest BCUT2D eigenvalue weighted by atomic mass is 10.0. The SMILES string of the molecule is CS(=O)(=O)N1CCOC[C@]2(CN(Cc3ccccn3)CCO2)C1. The van der Waals surface area contributed by atoms with Crippen LogP contribution in [-0.2, 0) is 26.0 Å². The first kappa shape index (κ1) is 16.8. The molecule has 23 heavy (non-hydrogen) atoms. The van der Waals surface area contributed by atoms with Crippen LogP contribution in [0, 0.1) is 0 Å². The molecule has 0 aliphatic carbocycles. The molecule has 0 saturated carbocycles. The fourth-order valence-electron chi connectivity index (χ4n) is 3.12. The second-order valence-corrected chi connectivity index (χ2v) is 8.19. The monoisotopic (exact) mass is 341 g/mol. The molecule has 0 N–H and O–H groups in total. The Morgan fingerprint density at radius 1 is 1.26 bits per heavy atom. The van der Waals surface area contributed by atoms with Gasteiger partial charge in [-0.2, -0.15) is 4.31 Å². The number of pyridine rings is 1. The van der Waals surface area contributed by atoms with E-state index in [2.05, 4.69) is 9.88 Å². The van der Waals surface area contributed by atoms with Crippen molar-refractivity contribution < 1.29 is 17.9 Å². The summed E-state index contributed by atoms with van der Waals surface area (Å²) < 4.78 is 36.9. The predicted octanol–water partition coefficient (Wildman–Crippen LogP) is -0.0556. The third-order valence-corrected chi connectivity index (χ3v) is 5.47. The summed E-state index contributed by atoms with van der Waals surface area (Å²) in [6.07, 6.45) is 3.02. The molecule has 1 spiro atoms. The number of sulfonamides is 1. The number of aromatic nitrogens is 1. The maximum absolute atomic E-state index is 11.9. The Kier molecular flexibility index (Phi) is 4.98. The topological polar surface area (TPSA) is 72.0 Å². The number of morpholine rings is 1. The van der Waals surface area contributed by atoms with Crippen LogP contribution in [0.4, 0.5) is 0 Å². The third-order valence-electron chi connectivity index (χ3n) is 4.22. The molecule has 3 rings (SSSR count). The minimum atomic E-state index is -3.26. The Hall–Kier alpha value is -1.06. The number of ether oxygens (including phenoxy) is 2. The molecule has 2 aliphatic heterocycles. The number of rotatable bonds is 3. The number of nitrogens with zero attached hydrogens (tertiary/aromatic N) is 3. The van der Waals surface area contributed by atoms with Crippen molar-refractivity contribution in [2.75, 3.05) is 52.3 Å². The summed E-state index contributed by atoms with van der Waals surface area (Å²) in [4.78, 5) is 6.61. The van der Waals surface area contributed by atoms with Crippen LogP contribution >= 0.6 is 0 Å². The molecule has 1 aromatic heterocycles. The lowest BCUT2D eigenvalue weighted by Crippen LogP contribution is -2.59. The Balaban J connectivity index is 1.72. The molecule has 8 heteroatoms. The highest BCUT2D eigenvalue weighted by atomic mass is 32.2. The fourth-order valence-corrected chi connectivity index (χ4v) is 3.99. The Morgan fingerprint density at radius 3 is 2.87 bits per heavy atom. The van der Waals surface area contributed by atoms with E-state index in [1.807, 2.05) is 18.2 Å². The van der Waals surface area contributed by atoms with Gasteiger partial charge in [0.1, 0.15) is 5.60 Å². The van der Waals surface area contributed by atoms with Crippen LogP contribution in [0.3, 0.4) is 0 Å². The van der Waals surface area contributed by atoms with E-state index in [4.69, 9.17) is 9.47 Å². The fraction of sp³-hybridized carbons (Fsp3) is 0.667. The van der Waals surface area contributed by atoms with Crippen LogP contribution in [0.1, 0.15) is 5.69 Å². The molecule has 0 amide bonds. The van der Waals surface area contributed by atoms with Crippen LogP contribution in [0.25, 0.3) is 0 Å². The first-order valence-electron chi connectivity index (χ1n) is 7.76. The van der Waals surface area contributed by atoms with Crippen molar-refractivity contribution in [3.05, 3.63) is 30.1 Å². The minimum absolute atomic E-state index is 0.338. The maximum Gasteiger partial charge on any atom is 0.211 e.